The number of hydrogen-bond acceptors (Lipinski definition) is 4. The summed E-state index contributed by atoms with van der Waals surface area (Å²) in [7, 11) is 0. The number of aromatic nitrogens is 2. The van der Waals surface area contributed by atoms with Crippen LogP contribution in [-0.4, -0.2) is 33.3 Å². The molecule has 2 fully saturated rings. The summed E-state index contributed by atoms with van der Waals surface area (Å²) in [5.74, 6) is -0.326. The fourth-order valence-corrected chi connectivity index (χ4v) is 4.08. The summed E-state index contributed by atoms with van der Waals surface area (Å²) in [4.78, 5) is 42.0. The molecule has 0 saturated heterocycles. The SMILES string of the molecule is O=C(NC1CC1)c1cc(Cl)c(C(=O)n2ccc3c(NC(=O)C4CC4)nccc32)c(Cl)c1. The molecule has 0 bridgehead atoms. The van der Waals surface area contributed by atoms with Gasteiger partial charge in [0.2, 0.25) is 5.91 Å². The first-order valence-corrected chi connectivity index (χ1v) is 10.8. The summed E-state index contributed by atoms with van der Waals surface area (Å²) in [5.41, 5.74) is 0.975. The van der Waals surface area contributed by atoms with Crippen molar-refractivity contribution in [3.05, 3.63) is 57.8 Å². The minimum atomic E-state index is -0.440. The Kier molecular flexibility index (Phi) is 4.95. The second-order valence-electron chi connectivity index (χ2n) is 7.91. The third-order valence-corrected chi connectivity index (χ3v) is 6.05. The van der Waals surface area contributed by atoms with Crippen molar-refractivity contribution in [2.24, 2.45) is 5.92 Å². The molecule has 2 aromatic heterocycles. The Morgan fingerprint density at radius 3 is 2.39 bits per heavy atom. The number of nitrogens with one attached hydrogen (secondary N) is 2. The van der Waals surface area contributed by atoms with Gasteiger partial charge >= 0.3 is 0 Å². The number of anilines is 1. The van der Waals surface area contributed by atoms with E-state index in [1.54, 1.807) is 18.3 Å². The Balaban J connectivity index is 1.47. The highest BCUT2D eigenvalue weighted by Crippen LogP contribution is 2.33. The van der Waals surface area contributed by atoms with Crippen LogP contribution in [0.5, 0.6) is 0 Å². The lowest BCUT2D eigenvalue weighted by molar-refractivity contribution is -0.117. The fraction of sp³-hybridized carbons (Fsp3) is 0.273. The van der Waals surface area contributed by atoms with Gasteiger partial charge < -0.3 is 10.6 Å². The minimum Gasteiger partial charge on any atom is -0.349 e. The van der Waals surface area contributed by atoms with Crippen LogP contribution in [0.4, 0.5) is 5.82 Å². The zero-order valence-electron chi connectivity index (χ0n) is 16.3. The summed E-state index contributed by atoms with van der Waals surface area (Å²) in [6, 6.07) is 6.49. The van der Waals surface area contributed by atoms with Crippen LogP contribution in [0.3, 0.4) is 0 Å². The van der Waals surface area contributed by atoms with Crippen LogP contribution in [-0.2, 0) is 4.79 Å². The molecule has 2 amide bonds. The van der Waals surface area contributed by atoms with E-state index >= 15 is 0 Å². The molecule has 0 spiro atoms. The van der Waals surface area contributed by atoms with Crippen LogP contribution in [0.15, 0.2) is 36.7 Å². The van der Waals surface area contributed by atoms with Gasteiger partial charge in [-0.2, -0.15) is 0 Å². The number of rotatable bonds is 5. The molecule has 0 atom stereocenters. The molecule has 0 aliphatic heterocycles. The van der Waals surface area contributed by atoms with Gasteiger partial charge in [0, 0.05) is 35.3 Å². The molecule has 0 radical (unpaired) electrons. The van der Waals surface area contributed by atoms with Crippen molar-refractivity contribution < 1.29 is 14.4 Å². The fourth-order valence-electron chi connectivity index (χ4n) is 3.43. The number of carbonyl (C=O) groups is 3. The lowest BCUT2D eigenvalue weighted by Gasteiger charge is -2.11. The number of amides is 2. The number of carbonyl (C=O) groups excluding carboxylic acids is 3. The molecule has 9 heteroatoms. The van der Waals surface area contributed by atoms with Crippen molar-refractivity contribution in [1.29, 1.82) is 0 Å². The average molecular weight is 457 g/mol. The van der Waals surface area contributed by atoms with E-state index in [1.807, 2.05) is 0 Å². The largest absolute Gasteiger partial charge is 0.349 e. The highest BCUT2D eigenvalue weighted by molar-refractivity contribution is 6.40. The van der Waals surface area contributed by atoms with Crippen LogP contribution in [0.25, 0.3) is 10.9 Å². The third-order valence-electron chi connectivity index (χ3n) is 5.46. The van der Waals surface area contributed by atoms with Crippen LogP contribution < -0.4 is 10.6 Å². The van der Waals surface area contributed by atoms with Gasteiger partial charge in [0.25, 0.3) is 11.8 Å². The zero-order valence-corrected chi connectivity index (χ0v) is 17.8. The molecular weight excluding hydrogens is 439 g/mol. The molecule has 3 aromatic rings. The van der Waals surface area contributed by atoms with Crippen LogP contribution >= 0.6 is 23.2 Å². The summed E-state index contributed by atoms with van der Waals surface area (Å²) in [6.07, 6.45) is 6.80. The standard InChI is InChI=1S/C22H18Cl2N4O3/c23-15-9-12(21(30)26-13-3-4-13)10-16(24)18(15)22(31)28-8-6-14-17(28)5-7-25-19(14)27-20(29)11-1-2-11/h5-11,13H,1-4H2,(H,26,30)(H,25,27,29). The molecule has 2 aliphatic carbocycles. The van der Waals surface area contributed by atoms with Gasteiger partial charge in [0.05, 0.1) is 21.1 Å². The number of nitrogens with zero attached hydrogens (tertiary/aromatic N) is 2. The van der Waals surface area contributed by atoms with Gasteiger partial charge in [-0.25, -0.2) is 4.98 Å². The van der Waals surface area contributed by atoms with E-state index in [0.717, 1.165) is 25.7 Å². The maximum absolute atomic E-state index is 13.3. The van der Waals surface area contributed by atoms with Crippen molar-refractivity contribution in [1.82, 2.24) is 14.9 Å². The molecule has 1 aromatic carbocycles. The second-order valence-corrected chi connectivity index (χ2v) is 8.72. The van der Waals surface area contributed by atoms with E-state index in [4.69, 9.17) is 23.2 Å². The maximum atomic E-state index is 13.3. The Morgan fingerprint density at radius 1 is 1.03 bits per heavy atom. The van der Waals surface area contributed by atoms with Crippen molar-refractivity contribution in [3.8, 4) is 0 Å². The lowest BCUT2D eigenvalue weighted by Crippen LogP contribution is -2.25. The van der Waals surface area contributed by atoms with Crippen LogP contribution in [0.1, 0.15) is 46.4 Å². The number of hydrogen-bond donors (Lipinski definition) is 2. The highest BCUT2D eigenvalue weighted by atomic mass is 35.5. The summed E-state index contributed by atoms with van der Waals surface area (Å²) in [6.45, 7) is 0. The molecule has 158 valence electrons. The van der Waals surface area contributed by atoms with Gasteiger partial charge in [0.1, 0.15) is 5.82 Å². The van der Waals surface area contributed by atoms with Gasteiger partial charge in [-0.15, -0.1) is 0 Å². The molecule has 2 heterocycles. The summed E-state index contributed by atoms with van der Waals surface area (Å²) >= 11 is 12.7. The van der Waals surface area contributed by atoms with E-state index < -0.39 is 5.91 Å². The van der Waals surface area contributed by atoms with Gasteiger partial charge in [-0.05, 0) is 49.9 Å². The molecule has 2 aliphatic rings. The van der Waals surface area contributed by atoms with E-state index in [-0.39, 0.29) is 39.4 Å². The Morgan fingerprint density at radius 2 is 1.74 bits per heavy atom. The Hall–Kier alpha value is -2.90. The van der Waals surface area contributed by atoms with Gasteiger partial charge in [-0.3, -0.25) is 19.0 Å². The van der Waals surface area contributed by atoms with E-state index in [2.05, 4.69) is 15.6 Å². The van der Waals surface area contributed by atoms with Crippen molar-refractivity contribution in [2.45, 2.75) is 31.7 Å². The third kappa shape index (κ3) is 3.91. The molecule has 31 heavy (non-hydrogen) atoms. The molecule has 5 rings (SSSR count). The van der Waals surface area contributed by atoms with Gasteiger partial charge in [0.15, 0.2) is 0 Å². The van der Waals surface area contributed by atoms with Crippen LogP contribution in [0, 0.1) is 5.92 Å². The maximum Gasteiger partial charge on any atom is 0.265 e. The normalized spacial score (nSPS) is 15.7. The number of pyridine rings is 1. The molecule has 0 unspecified atom stereocenters. The topological polar surface area (TPSA) is 93.1 Å². The summed E-state index contributed by atoms with van der Waals surface area (Å²) < 4.78 is 1.40. The predicted octanol–water partition coefficient (Wildman–Crippen LogP) is 4.27. The average Bonchev–Trinajstić information content (AvgIpc) is 3.66. The Bertz CT molecular complexity index is 1220. The van der Waals surface area contributed by atoms with Crippen molar-refractivity contribution in [2.75, 3.05) is 5.32 Å². The van der Waals surface area contributed by atoms with Crippen molar-refractivity contribution >= 4 is 57.6 Å². The van der Waals surface area contributed by atoms with E-state index in [9.17, 15) is 14.4 Å². The van der Waals surface area contributed by atoms with E-state index in [1.165, 1.54) is 22.9 Å². The number of halogens is 2. The minimum absolute atomic E-state index is 0.0361. The summed E-state index contributed by atoms with van der Waals surface area (Å²) in [5, 5.41) is 6.53. The molecular formula is C22H18Cl2N4O3. The predicted molar refractivity (Wildman–Crippen MR) is 118 cm³/mol. The molecule has 7 nitrogen and oxygen atoms in total. The highest BCUT2D eigenvalue weighted by Gasteiger charge is 2.30. The number of fused-ring (bicyclic) bond motifs is 1. The van der Waals surface area contributed by atoms with E-state index in [0.29, 0.717) is 22.3 Å². The quantitative estimate of drug-likeness (QED) is 0.599. The monoisotopic (exact) mass is 456 g/mol. The second kappa shape index (κ2) is 7.66. The first kappa shape index (κ1) is 20.0. The van der Waals surface area contributed by atoms with Crippen molar-refractivity contribution in [3.63, 3.8) is 0 Å². The first-order valence-electron chi connectivity index (χ1n) is 10.0. The van der Waals surface area contributed by atoms with Gasteiger partial charge in [-0.1, -0.05) is 23.2 Å². The lowest BCUT2D eigenvalue weighted by atomic mass is 10.1. The zero-order chi connectivity index (χ0) is 21.7. The smallest absolute Gasteiger partial charge is 0.265 e. The molecule has 2 N–H and O–H groups in total. The first-order chi connectivity index (χ1) is 14.9. The van der Waals surface area contributed by atoms with Crippen LogP contribution in [0.2, 0.25) is 10.0 Å². The molecule has 2 saturated carbocycles. The number of benzene rings is 1. The Labute approximate surface area is 187 Å².